The molecule has 1 aromatic rings. The van der Waals surface area contributed by atoms with Gasteiger partial charge in [0.1, 0.15) is 0 Å². The van der Waals surface area contributed by atoms with E-state index in [1.54, 1.807) is 6.92 Å². The lowest BCUT2D eigenvalue weighted by atomic mass is 10.2. The van der Waals surface area contributed by atoms with Crippen molar-refractivity contribution in [2.75, 3.05) is 6.54 Å². The topological polar surface area (TPSA) is 29.1 Å². The van der Waals surface area contributed by atoms with Crippen LogP contribution in [0.25, 0.3) is 0 Å². The van der Waals surface area contributed by atoms with E-state index in [9.17, 15) is 13.6 Å². The molecule has 0 heterocycles. The van der Waals surface area contributed by atoms with Crippen LogP contribution in [0.15, 0.2) is 18.2 Å². The van der Waals surface area contributed by atoms with Crippen LogP contribution < -0.4 is 5.32 Å². The first-order valence-corrected chi connectivity index (χ1v) is 4.78. The predicted molar refractivity (Wildman–Crippen MR) is 56.8 cm³/mol. The number of nitrogens with one attached hydrogen (secondary N) is 1. The quantitative estimate of drug-likeness (QED) is 0.617. The summed E-state index contributed by atoms with van der Waals surface area (Å²) in [6.07, 6.45) is 0.534. The van der Waals surface area contributed by atoms with Gasteiger partial charge in [0.15, 0.2) is 11.6 Å². The monoisotopic (exact) mass is 223 g/mol. The second-order valence-corrected chi connectivity index (χ2v) is 3.06. The van der Waals surface area contributed by atoms with Crippen molar-refractivity contribution in [1.29, 1.82) is 0 Å². The molecule has 2 nitrogen and oxygen atoms in total. The van der Waals surface area contributed by atoms with Crippen LogP contribution in [0, 0.1) is 23.5 Å². The minimum absolute atomic E-state index is 0.100. The first-order valence-electron chi connectivity index (χ1n) is 4.78. The molecule has 4 heteroatoms. The van der Waals surface area contributed by atoms with Gasteiger partial charge in [-0.05, 0) is 25.1 Å². The van der Waals surface area contributed by atoms with Gasteiger partial charge in [-0.3, -0.25) is 4.79 Å². The summed E-state index contributed by atoms with van der Waals surface area (Å²) >= 11 is 0. The van der Waals surface area contributed by atoms with E-state index in [1.165, 1.54) is 6.07 Å². The summed E-state index contributed by atoms with van der Waals surface area (Å²) in [5, 5.41) is 2.55. The van der Waals surface area contributed by atoms with Crippen molar-refractivity contribution in [2.24, 2.45) is 0 Å². The number of amides is 1. The standard InChI is InChI=1S/C12H11F2NO/c1-2-3-4-7-15-12(16)9-5-6-10(13)11(14)8-9/h5-6,8H,4,7H2,1H3,(H,15,16). The van der Waals surface area contributed by atoms with Crippen molar-refractivity contribution in [3.8, 4) is 11.8 Å². The van der Waals surface area contributed by atoms with Crippen LogP contribution in [0.1, 0.15) is 23.7 Å². The maximum absolute atomic E-state index is 12.8. The van der Waals surface area contributed by atoms with Gasteiger partial charge in [-0.15, -0.1) is 11.8 Å². The Morgan fingerprint density at radius 3 is 2.75 bits per heavy atom. The number of halogens is 2. The van der Waals surface area contributed by atoms with E-state index < -0.39 is 17.5 Å². The zero-order chi connectivity index (χ0) is 12.0. The van der Waals surface area contributed by atoms with Crippen LogP contribution in [-0.2, 0) is 0 Å². The van der Waals surface area contributed by atoms with Crippen molar-refractivity contribution < 1.29 is 13.6 Å². The average Bonchev–Trinajstić information content (AvgIpc) is 2.28. The maximum atomic E-state index is 12.8. The predicted octanol–water partition coefficient (Wildman–Crippen LogP) is 2.11. The third kappa shape index (κ3) is 3.35. The largest absolute Gasteiger partial charge is 0.351 e. The molecule has 0 aromatic heterocycles. The van der Waals surface area contributed by atoms with Crippen LogP contribution >= 0.6 is 0 Å². The Hall–Kier alpha value is -1.89. The Labute approximate surface area is 92.7 Å². The Balaban J connectivity index is 2.58. The number of hydrogen-bond acceptors (Lipinski definition) is 1. The van der Waals surface area contributed by atoms with Gasteiger partial charge >= 0.3 is 0 Å². The highest BCUT2D eigenvalue weighted by atomic mass is 19.2. The van der Waals surface area contributed by atoms with Gasteiger partial charge < -0.3 is 5.32 Å². The third-order valence-electron chi connectivity index (χ3n) is 1.89. The fourth-order valence-electron chi connectivity index (χ4n) is 1.10. The summed E-state index contributed by atoms with van der Waals surface area (Å²) < 4.78 is 25.4. The van der Waals surface area contributed by atoms with Gasteiger partial charge in [-0.1, -0.05) is 0 Å². The third-order valence-corrected chi connectivity index (χ3v) is 1.89. The van der Waals surface area contributed by atoms with Gasteiger partial charge in [-0.2, -0.15) is 0 Å². The molecule has 0 saturated heterocycles. The van der Waals surface area contributed by atoms with E-state index in [4.69, 9.17) is 0 Å². The Morgan fingerprint density at radius 1 is 1.38 bits per heavy atom. The van der Waals surface area contributed by atoms with E-state index in [-0.39, 0.29) is 5.56 Å². The van der Waals surface area contributed by atoms with Crippen molar-refractivity contribution in [1.82, 2.24) is 5.32 Å². The molecule has 0 atom stereocenters. The molecule has 1 N–H and O–H groups in total. The van der Waals surface area contributed by atoms with Crippen molar-refractivity contribution >= 4 is 5.91 Å². The highest BCUT2D eigenvalue weighted by molar-refractivity contribution is 5.94. The van der Waals surface area contributed by atoms with Crippen molar-refractivity contribution in [3.05, 3.63) is 35.4 Å². The molecule has 0 bridgehead atoms. The minimum atomic E-state index is -1.03. The molecular weight excluding hydrogens is 212 g/mol. The Kier molecular flexibility index (Phi) is 4.46. The van der Waals surface area contributed by atoms with E-state index in [0.717, 1.165) is 12.1 Å². The molecule has 0 spiro atoms. The summed E-state index contributed by atoms with van der Waals surface area (Å²) in [6, 6.07) is 3.03. The molecule has 0 unspecified atom stereocenters. The van der Waals surface area contributed by atoms with Crippen molar-refractivity contribution in [3.63, 3.8) is 0 Å². The normalized spacial score (nSPS) is 9.19. The fraction of sp³-hybridized carbons (Fsp3) is 0.250. The first-order chi connectivity index (χ1) is 7.65. The van der Waals surface area contributed by atoms with Crippen molar-refractivity contribution in [2.45, 2.75) is 13.3 Å². The summed E-state index contributed by atoms with van der Waals surface area (Å²) in [6.45, 7) is 2.09. The van der Waals surface area contributed by atoms with Gasteiger partial charge in [0.05, 0.1) is 0 Å². The maximum Gasteiger partial charge on any atom is 0.251 e. The minimum Gasteiger partial charge on any atom is -0.351 e. The number of hydrogen-bond donors (Lipinski definition) is 1. The molecule has 0 radical (unpaired) electrons. The second-order valence-electron chi connectivity index (χ2n) is 3.06. The number of carbonyl (C=O) groups excluding carboxylic acids is 1. The van der Waals surface area contributed by atoms with Crippen LogP contribution in [0.5, 0.6) is 0 Å². The highest BCUT2D eigenvalue weighted by Gasteiger charge is 2.08. The average molecular weight is 223 g/mol. The molecule has 1 amide bonds. The molecule has 1 aromatic carbocycles. The lowest BCUT2D eigenvalue weighted by Crippen LogP contribution is -2.24. The van der Waals surface area contributed by atoms with Crippen LogP contribution in [0.4, 0.5) is 8.78 Å². The summed E-state index contributed by atoms with van der Waals surface area (Å²) in [5.74, 6) is 3.04. The molecule has 0 saturated carbocycles. The molecule has 0 aliphatic rings. The Bertz CT molecular complexity index is 446. The van der Waals surface area contributed by atoms with Crippen LogP contribution in [0.3, 0.4) is 0 Å². The van der Waals surface area contributed by atoms with E-state index in [2.05, 4.69) is 17.2 Å². The summed E-state index contributed by atoms with van der Waals surface area (Å²) in [5.41, 5.74) is 0.100. The van der Waals surface area contributed by atoms with E-state index >= 15 is 0 Å². The number of carbonyl (C=O) groups is 1. The lowest BCUT2D eigenvalue weighted by molar-refractivity contribution is 0.0954. The SMILES string of the molecule is CC#CCCNC(=O)c1ccc(F)c(F)c1. The number of rotatable bonds is 3. The van der Waals surface area contributed by atoms with E-state index in [0.29, 0.717) is 13.0 Å². The van der Waals surface area contributed by atoms with Gasteiger partial charge in [-0.25, -0.2) is 8.78 Å². The van der Waals surface area contributed by atoms with Crippen LogP contribution in [-0.4, -0.2) is 12.5 Å². The molecule has 0 aliphatic carbocycles. The fourth-order valence-corrected chi connectivity index (χ4v) is 1.10. The van der Waals surface area contributed by atoms with E-state index in [1.807, 2.05) is 0 Å². The summed E-state index contributed by atoms with van der Waals surface area (Å²) in [4.78, 5) is 11.4. The zero-order valence-corrected chi connectivity index (χ0v) is 8.81. The molecule has 84 valence electrons. The molecule has 0 fully saturated rings. The summed E-state index contributed by atoms with van der Waals surface area (Å²) in [7, 11) is 0. The van der Waals surface area contributed by atoms with Crippen LogP contribution in [0.2, 0.25) is 0 Å². The molecular formula is C12H11F2NO. The molecule has 16 heavy (non-hydrogen) atoms. The highest BCUT2D eigenvalue weighted by Crippen LogP contribution is 2.08. The second kappa shape index (κ2) is 5.86. The lowest BCUT2D eigenvalue weighted by Gasteiger charge is -2.03. The Morgan fingerprint density at radius 2 is 2.12 bits per heavy atom. The van der Waals surface area contributed by atoms with Gasteiger partial charge in [0, 0.05) is 18.5 Å². The molecule has 1 rings (SSSR count). The van der Waals surface area contributed by atoms with Gasteiger partial charge in [0.25, 0.3) is 5.91 Å². The van der Waals surface area contributed by atoms with Gasteiger partial charge in [0.2, 0.25) is 0 Å². The smallest absolute Gasteiger partial charge is 0.251 e. The molecule has 0 aliphatic heterocycles. The first kappa shape index (κ1) is 12.2. The zero-order valence-electron chi connectivity index (χ0n) is 8.81. The number of benzene rings is 1.